The van der Waals surface area contributed by atoms with Gasteiger partial charge in [-0.3, -0.25) is 9.69 Å². The van der Waals surface area contributed by atoms with Crippen molar-refractivity contribution in [2.75, 3.05) is 0 Å². The molecule has 0 bridgehead atoms. The van der Waals surface area contributed by atoms with E-state index in [-0.39, 0.29) is 17.5 Å². The lowest BCUT2D eigenvalue weighted by atomic mass is 9.87. The molecule has 114 valence electrons. The lowest BCUT2D eigenvalue weighted by molar-refractivity contribution is -0.126. The van der Waals surface area contributed by atoms with E-state index in [0.29, 0.717) is 5.78 Å². The van der Waals surface area contributed by atoms with E-state index in [1.165, 1.54) is 11.1 Å². The van der Waals surface area contributed by atoms with Crippen molar-refractivity contribution in [1.82, 2.24) is 4.90 Å². The Bertz CT molecular complexity index is 642. The highest BCUT2D eigenvalue weighted by Crippen LogP contribution is 2.47. The highest BCUT2D eigenvalue weighted by atomic mass is 16.1. The second-order valence-corrected chi connectivity index (χ2v) is 7.07. The Morgan fingerprint density at radius 2 is 1.50 bits per heavy atom. The van der Waals surface area contributed by atoms with Crippen LogP contribution in [0.2, 0.25) is 0 Å². The topological polar surface area (TPSA) is 20.1 Å². The van der Waals surface area contributed by atoms with Gasteiger partial charge in [0.05, 0.1) is 12.1 Å². The zero-order chi connectivity index (χ0) is 15.7. The van der Waals surface area contributed by atoms with Crippen LogP contribution in [-0.4, -0.2) is 16.7 Å². The lowest BCUT2D eigenvalue weighted by Crippen LogP contribution is -2.27. The summed E-state index contributed by atoms with van der Waals surface area (Å²) in [5.41, 5.74) is 2.19. The van der Waals surface area contributed by atoms with Gasteiger partial charge >= 0.3 is 0 Å². The van der Waals surface area contributed by atoms with Gasteiger partial charge in [-0.1, -0.05) is 81.4 Å². The van der Waals surface area contributed by atoms with Crippen LogP contribution in [0.4, 0.5) is 0 Å². The van der Waals surface area contributed by atoms with Crippen LogP contribution in [0.3, 0.4) is 0 Å². The number of ketones is 1. The van der Waals surface area contributed by atoms with Gasteiger partial charge in [-0.25, -0.2) is 0 Å². The first kappa shape index (κ1) is 15.0. The number of Topliss-reactive ketones (excluding diaryl/α,β-unsaturated/α-hetero) is 1. The van der Waals surface area contributed by atoms with E-state index < -0.39 is 0 Å². The Morgan fingerprint density at radius 3 is 2.05 bits per heavy atom. The largest absolute Gasteiger partial charge is 0.297 e. The summed E-state index contributed by atoms with van der Waals surface area (Å²) in [7, 11) is 0. The van der Waals surface area contributed by atoms with Gasteiger partial charge in [0.25, 0.3) is 0 Å². The molecule has 1 heterocycles. The summed E-state index contributed by atoms with van der Waals surface area (Å²) >= 11 is 0. The second-order valence-electron chi connectivity index (χ2n) is 7.07. The molecule has 0 spiro atoms. The number of hydrogen-bond acceptors (Lipinski definition) is 2. The van der Waals surface area contributed by atoms with E-state index in [0.717, 1.165) is 6.54 Å². The second kappa shape index (κ2) is 5.69. The van der Waals surface area contributed by atoms with Gasteiger partial charge in [-0.15, -0.1) is 0 Å². The summed E-state index contributed by atoms with van der Waals surface area (Å²) in [5, 5.41) is 0. The van der Waals surface area contributed by atoms with Crippen molar-refractivity contribution in [1.29, 1.82) is 0 Å². The Kier molecular flexibility index (Phi) is 3.88. The molecule has 1 fully saturated rings. The molecule has 1 aliphatic rings. The third-order valence-corrected chi connectivity index (χ3v) is 4.28. The van der Waals surface area contributed by atoms with Crippen molar-refractivity contribution in [3.05, 3.63) is 71.8 Å². The fraction of sp³-hybridized carbons (Fsp3) is 0.350. The molecule has 0 N–H and O–H groups in total. The Morgan fingerprint density at radius 1 is 0.955 bits per heavy atom. The molecule has 22 heavy (non-hydrogen) atoms. The summed E-state index contributed by atoms with van der Waals surface area (Å²) in [4.78, 5) is 15.1. The third kappa shape index (κ3) is 2.97. The van der Waals surface area contributed by atoms with Crippen molar-refractivity contribution >= 4 is 5.78 Å². The summed E-state index contributed by atoms with van der Waals surface area (Å²) in [5.74, 6) is 0.331. The molecule has 0 aromatic heterocycles. The minimum Gasteiger partial charge on any atom is -0.297 e. The number of benzene rings is 2. The summed E-state index contributed by atoms with van der Waals surface area (Å²) in [6.07, 6.45) is 0. The Hall–Kier alpha value is -1.93. The minimum absolute atomic E-state index is 0.00241. The van der Waals surface area contributed by atoms with Gasteiger partial charge in [-0.05, 0) is 11.1 Å². The van der Waals surface area contributed by atoms with E-state index in [4.69, 9.17) is 0 Å². The molecule has 2 heteroatoms. The lowest BCUT2D eigenvalue weighted by Gasteiger charge is -2.16. The molecule has 3 rings (SSSR count). The molecule has 1 saturated heterocycles. The van der Waals surface area contributed by atoms with Crippen LogP contribution in [0.15, 0.2) is 60.7 Å². The van der Waals surface area contributed by atoms with Crippen molar-refractivity contribution in [3.8, 4) is 0 Å². The quantitative estimate of drug-likeness (QED) is 0.786. The van der Waals surface area contributed by atoms with E-state index in [1.54, 1.807) is 0 Å². The average molecular weight is 293 g/mol. The molecule has 0 radical (unpaired) electrons. The maximum atomic E-state index is 12.8. The molecule has 2 aromatic rings. The molecular formula is C20H23NO. The monoisotopic (exact) mass is 293 g/mol. The van der Waals surface area contributed by atoms with Crippen LogP contribution in [0.1, 0.15) is 37.9 Å². The SMILES string of the molecule is CC(C)(C)C(=O)[C@@H]1[C@@H](c2ccccc2)N1Cc1ccccc1. The standard InChI is InChI=1S/C20H23NO/c1-20(2,3)19(22)18-17(16-12-8-5-9-13-16)21(18)14-15-10-6-4-7-11-15/h4-13,17-18H,14H2,1-3H3/t17-,18+,21?/m1/s1. The van der Waals surface area contributed by atoms with Gasteiger partial charge in [0.15, 0.2) is 5.78 Å². The van der Waals surface area contributed by atoms with E-state index in [2.05, 4.69) is 41.3 Å². The first-order valence-corrected chi connectivity index (χ1v) is 7.87. The fourth-order valence-electron chi connectivity index (χ4n) is 3.03. The number of carbonyl (C=O) groups is 1. The van der Waals surface area contributed by atoms with Crippen molar-refractivity contribution in [2.45, 2.75) is 39.4 Å². The molecular weight excluding hydrogens is 270 g/mol. The van der Waals surface area contributed by atoms with Gasteiger partial charge in [0.1, 0.15) is 0 Å². The van der Waals surface area contributed by atoms with Crippen molar-refractivity contribution in [3.63, 3.8) is 0 Å². The highest BCUT2D eigenvalue weighted by molar-refractivity contribution is 5.92. The Balaban J connectivity index is 1.84. The fourth-order valence-corrected chi connectivity index (χ4v) is 3.03. The van der Waals surface area contributed by atoms with Gasteiger partial charge < -0.3 is 0 Å². The van der Waals surface area contributed by atoms with Crippen LogP contribution >= 0.6 is 0 Å². The summed E-state index contributed by atoms with van der Waals surface area (Å²) < 4.78 is 0. The zero-order valence-corrected chi connectivity index (χ0v) is 13.5. The maximum Gasteiger partial charge on any atom is 0.157 e. The maximum absolute atomic E-state index is 12.8. The predicted octanol–water partition coefficient (Wildman–Crippen LogP) is 4.23. The van der Waals surface area contributed by atoms with Crippen molar-refractivity contribution in [2.24, 2.45) is 5.41 Å². The zero-order valence-electron chi connectivity index (χ0n) is 13.5. The number of hydrogen-bond donors (Lipinski definition) is 0. The van der Waals surface area contributed by atoms with Crippen LogP contribution in [0.25, 0.3) is 0 Å². The Labute approximate surface area is 132 Å². The number of rotatable bonds is 4. The van der Waals surface area contributed by atoms with E-state index in [9.17, 15) is 4.79 Å². The molecule has 0 aliphatic carbocycles. The predicted molar refractivity (Wildman–Crippen MR) is 89.4 cm³/mol. The van der Waals surface area contributed by atoms with Crippen LogP contribution in [0, 0.1) is 5.41 Å². The molecule has 3 atom stereocenters. The van der Waals surface area contributed by atoms with Crippen LogP contribution in [-0.2, 0) is 11.3 Å². The normalized spacial score (nSPS) is 24.0. The first-order chi connectivity index (χ1) is 10.5. The van der Waals surface area contributed by atoms with Gasteiger partial charge in [0, 0.05) is 12.0 Å². The minimum atomic E-state index is -0.302. The molecule has 0 amide bonds. The first-order valence-electron chi connectivity index (χ1n) is 7.87. The smallest absolute Gasteiger partial charge is 0.157 e. The van der Waals surface area contributed by atoms with E-state index >= 15 is 0 Å². The highest BCUT2D eigenvalue weighted by Gasteiger charge is 2.54. The van der Waals surface area contributed by atoms with Crippen LogP contribution in [0.5, 0.6) is 0 Å². The molecule has 2 aromatic carbocycles. The molecule has 1 unspecified atom stereocenters. The van der Waals surface area contributed by atoms with E-state index in [1.807, 2.05) is 45.0 Å². The number of carbonyl (C=O) groups excluding carboxylic acids is 1. The summed E-state index contributed by atoms with van der Waals surface area (Å²) in [6, 6.07) is 21.0. The molecule has 1 aliphatic heterocycles. The molecule has 2 nitrogen and oxygen atoms in total. The number of nitrogens with zero attached hydrogens (tertiary/aromatic N) is 1. The summed E-state index contributed by atoms with van der Waals surface area (Å²) in [6.45, 7) is 6.86. The average Bonchev–Trinajstić information content (AvgIpc) is 3.21. The molecule has 0 saturated carbocycles. The van der Waals surface area contributed by atoms with Gasteiger partial charge in [0.2, 0.25) is 0 Å². The van der Waals surface area contributed by atoms with Gasteiger partial charge in [-0.2, -0.15) is 0 Å². The van der Waals surface area contributed by atoms with Crippen LogP contribution < -0.4 is 0 Å². The van der Waals surface area contributed by atoms with Crippen molar-refractivity contribution < 1.29 is 4.79 Å². The third-order valence-electron chi connectivity index (χ3n) is 4.28.